The minimum atomic E-state index is -2.96. The Morgan fingerprint density at radius 3 is 2.79 bits per heavy atom. The van der Waals surface area contributed by atoms with Crippen molar-refractivity contribution in [2.75, 3.05) is 11.5 Å². The number of hydrogen-bond acceptors (Lipinski definition) is 5. The Hall–Kier alpha value is -1.47. The van der Waals surface area contributed by atoms with Crippen LogP contribution < -0.4 is 5.32 Å². The molecule has 0 spiro atoms. The van der Waals surface area contributed by atoms with Gasteiger partial charge in [0.05, 0.1) is 16.4 Å². The van der Waals surface area contributed by atoms with Gasteiger partial charge in [0.15, 0.2) is 9.84 Å². The van der Waals surface area contributed by atoms with Crippen LogP contribution >= 0.6 is 0 Å². The average Bonchev–Trinajstić information content (AvgIpc) is 2.35. The number of rotatable bonds is 4. The van der Waals surface area contributed by atoms with Gasteiger partial charge in [0.25, 0.3) is 5.69 Å². The molecular weight excluding hydrogens is 268 g/mol. The Morgan fingerprint density at radius 2 is 2.11 bits per heavy atom. The minimum absolute atomic E-state index is 0.0636. The maximum Gasteiger partial charge on any atom is 0.273 e. The summed E-state index contributed by atoms with van der Waals surface area (Å²) in [5.41, 5.74) is 0.643. The number of hydrogen-bond donors (Lipinski definition) is 1. The fraction of sp³-hybridized carbons (Fsp3) is 0.500. The summed E-state index contributed by atoms with van der Waals surface area (Å²) in [5.74, 6) is 0.365. The zero-order valence-electron chi connectivity index (χ0n) is 10.4. The number of nitrogens with one attached hydrogen (secondary N) is 1. The summed E-state index contributed by atoms with van der Waals surface area (Å²) in [6.45, 7) is 0.317. The molecule has 1 atom stereocenters. The second-order valence-corrected chi connectivity index (χ2v) is 6.95. The van der Waals surface area contributed by atoms with Crippen molar-refractivity contribution >= 4 is 15.5 Å². The highest BCUT2D eigenvalue weighted by Crippen LogP contribution is 2.18. The molecule has 1 heterocycles. The maximum atomic E-state index is 11.5. The van der Waals surface area contributed by atoms with E-state index in [-0.39, 0.29) is 23.2 Å². The second kappa shape index (κ2) is 5.66. The Morgan fingerprint density at radius 1 is 1.37 bits per heavy atom. The minimum Gasteiger partial charge on any atom is -0.309 e. The van der Waals surface area contributed by atoms with Crippen molar-refractivity contribution in [3.8, 4) is 0 Å². The van der Waals surface area contributed by atoms with Crippen molar-refractivity contribution in [2.24, 2.45) is 0 Å². The van der Waals surface area contributed by atoms with Crippen LogP contribution in [0.3, 0.4) is 0 Å². The summed E-state index contributed by atoms with van der Waals surface area (Å²) in [5, 5.41) is 14.0. The second-order valence-electron chi connectivity index (χ2n) is 4.72. The topological polar surface area (TPSA) is 89.3 Å². The van der Waals surface area contributed by atoms with E-state index in [0.29, 0.717) is 18.5 Å². The molecule has 1 aliphatic rings. The summed E-state index contributed by atoms with van der Waals surface area (Å²) < 4.78 is 23.0. The molecule has 0 amide bonds. The van der Waals surface area contributed by atoms with Crippen LogP contribution in [0, 0.1) is 10.1 Å². The fourth-order valence-corrected chi connectivity index (χ4v) is 3.95. The Kier molecular flexibility index (Phi) is 4.16. The lowest BCUT2D eigenvalue weighted by atomic mass is 10.1. The van der Waals surface area contributed by atoms with E-state index in [1.54, 1.807) is 18.2 Å². The van der Waals surface area contributed by atoms with Gasteiger partial charge in [-0.1, -0.05) is 18.2 Å². The van der Waals surface area contributed by atoms with Crippen LogP contribution in [-0.2, 0) is 16.4 Å². The van der Waals surface area contributed by atoms with Crippen molar-refractivity contribution in [3.05, 3.63) is 39.9 Å². The number of para-hydroxylation sites is 1. The van der Waals surface area contributed by atoms with Crippen LogP contribution in [0.1, 0.15) is 18.4 Å². The molecule has 1 aliphatic heterocycles. The molecule has 1 saturated heterocycles. The molecule has 0 aliphatic carbocycles. The van der Waals surface area contributed by atoms with Gasteiger partial charge in [0.2, 0.25) is 0 Å². The monoisotopic (exact) mass is 284 g/mol. The van der Waals surface area contributed by atoms with E-state index in [0.717, 1.165) is 6.42 Å². The molecule has 1 aromatic carbocycles. The molecule has 0 aromatic heterocycles. The van der Waals surface area contributed by atoms with Gasteiger partial charge >= 0.3 is 0 Å². The molecule has 6 nitrogen and oxygen atoms in total. The summed E-state index contributed by atoms with van der Waals surface area (Å²) in [7, 11) is -2.96. The average molecular weight is 284 g/mol. The third kappa shape index (κ3) is 3.74. The van der Waals surface area contributed by atoms with Crippen LogP contribution in [0.2, 0.25) is 0 Å². The smallest absolute Gasteiger partial charge is 0.273 e. The van der Waals surface area contributed by atoms with Crippen molar-refractivity contribution in [1.82, 2.24) is 5.32 Å². The van der Waals surface area contributed by atoms with Gasteiger partial charge in [0, 0.05) is 24.2 Å². The standard InChI is InChI=1S/C12H16N2O4S/c15-14(16)12-6-2-1-4-10(12)8-13-11-5-3-7-19(17,18)9-11/h1-2,4,6,11,13H,3,5,7-9H2. The first-order valence-electron chi connectivity index (χ1n) is 6.14. The van der Waals surface area contributed by atoms with Crippen molar-refractivity contribution in [1.29, 1.82) is 0 Å². The number of nitrogens with zero attached hydrogens (tertiary/aromatic N) is 1. The molecule has 1 unspecified atom stereocenters. The van der Waals surface area contributed by atoms with E-state index in [2.05, 4.69) is 5.32 Å². The molecule has 0 bridgehead atoms. The molecular formula is C12H16N2O4S. The van der Waals surface area contributed by atoms with Gasteiger partial charge in [-0.15, -0.1) is 0 Å². The van der Waals surface area contributed by atoms with Crippen molar-refractivity contribution in [2.45, 2.75) is 25.4 Å². The number of nitro benzene ring substituents is 1. The lowest BCUT2D eigenvalue weighted by Gasteiger charge is -2.23. The van der Waals surface area contributed by atoms with Gasteiger partial charge in [-0.2, -0.15) is 0 Å². The lowest BCUT2D eigenvalue weighted by molar-refractivity contribution is -0.385. The van der Waals surface area contributed by atoms with Crippen LogP contribution in [0.25, 0.3) is 0 Å². The van der Waals surface area contributed by atoms with Crippen LogP contribution in [-0.4, -0.2) is 30.9 Å². The van der Waals surface area contributed by atoms with Gasteiger partial charge < -0.3 is 5.32 Å². The zero-order valence-corrected chi connectivity index (χ0v) is 11.2. The first-order chi connectivity index (χ1) is 8.98. The fourth-order valence-electron chi connectivity index (χ4n) is 2.28. The predicted octanol–water partition coefficient (Wildman–Crippen LogP) is 1.26. The Labute approximate surface area is 111 Å². The quantitative estimate of drug-likeness (QED) is 0.664. The molecule has 0 saturated carbocycles. The molecule has 7 heteroatoms. The molecule has 104 valence electrons. The molecule has 2 rings (SSSR count). The van der Waals surface area contributed by atoms with Crippen LogP contribution in [0.5, 0.6) is 0 Å². The number of nitro groups is 1. The molecule has 1 fully saturated rings. The normalized spacial score (nSPS) is 22.0. The summed E-state index contributed by atoms with van der Waals surface area (Å²) in [6.07, 6.45) is 1.44. The van der Waals surface area contributed by atoms with Gasteiger partial charge in [-0.05, 0) is 12.8 Å². The van der Waals surface area contributed by atoms with Gasteiger partial charge in [-0.3, -0.25) is 10.1 Å². The third-order valence-corrected chi connectivity index (χ3v) is 5.05. The van der Waals surface area contributed by atoms with E-state index >= 15 is 0 Å². The summed E-state index contributed by atoms with van der Waals surface area (Å²) in [4.78, 5) is 10.4. The van der Waals surface area contributed by atoms with Crippen LogP contribution in [0.15, 0.2) is 24.3 Å². The first-order valence-corrected chi connectivity index (χ1v) is 7.96. The van der Waals surface area contributed by atoms with Crippen LogP contribution in [0.4, 0.5) is 5.69 Å². The number of sulfone groups is 1. The maximum absolute atomic E-state index is 11.5. The molecule has 0 radical (unpaired) electrons. The molecule has 1 aromatic rings. The summed E-state index contributed by atoms with van der Waals surface area (Å²) in [6, 6.07) is 6.38. The van der Waals surface area contributed by atoms with E-state index in [4.69, 9.17) is 0 Å². The molecule has 1 N–H and O–H groups in total. The third-order valence-electron chi connectivity index (χ3n) is 3.23. The number of benzene rings is 1. The zero-order chi connectivity index (χ0) is 13.9. The van der Waals surface area contributed by atoms with Gasteiger partial charge in [0.1, 0.15) is 0 Å². The first kappa shape index (κ1) is 14.0. The highest BCUT2D eigenvalue weighted by Gasteiger charge is 2.24. The highest BCUT2D eigenvalue weighted by atomic mass is 32.2. The van der Waals surface area contributed by atoms with E-state index in [9.17, 15) is 18.5 Å². The van der Waals surface area contributed by atoms with E-state index < -0.39 is 14.8 Å². The summed E-state index contributed by atoms with van der Waals surface area (Å²) >= 11 is 0. The predicted molar refractivity (Wildman–Crippen MR) is 71.6 cm³/mol. The van der Waals surface area contributed by atoms with Crippen molar-refractivity contribution < 1.29 is 13.3 Å². The highest BCUT2D eigenvalue weighted by molar-refractivity contribution is 7.91. The SMILES string of the molecule is O=[N+]([O-])c1ccccc1CNC1CCCS(=O)(=O)C1. The lowest BCUT2D eigenvalue weighted by Crippen LogP contribution is -2.39. The largest absolute Gasteiger partial charge is 0.309 e. The Bertz CT molecular complexity index is 571. The van der Waals surface area contributed by atoms with E-state index in [1.807, 2.05) is 0 Å². The van der Waals surface area contributed by atoms with E-state index in [1.165, 1.54) is 6.07 Å². The van der Waals surface area contributed by atoms with Gasteiger partial charge in [-0.25, -0.2) is 8.42 Å². The Balaban J connectivity index is 2.01. The molecule has 19 heavy (non-hydrogen) atoms. The van der Waals surface area contributed by atoms with Crippen molar-refractivity contribution in [3.63, 3.8) is 0 Å².